The number of aromatic nitrogens is 1. The lowest BCUT2D eigenvalue weighted by Gasteiger charge is -2.09. The Morgan fingerprint density at radius 2 is 1.72 bits per heavy atom. The minimum Gasteiger partial charge on any atom is -0.355 e. The van der Waals surface area contributed by atoms with Crippen LogP contribution in [0.25, 0.3) is 0 Å². The molecule has 0 aliphatic rings. The van der Waals surface area contributed by atoms with Crippen molar-refractivity contribution in [3.8, 4) is 0 Å². The van der Waals surface area contributed by atoms with Crippen molar-refractivity contribution in [3.63, 3.8) is 0 Å². The highest BCUT2D eigenvalue weighted by Gasteiger charge is 2.12. The maximum absolute atomic E-state index is 13.6. The van der Waals surface area contributed by atoms with Gasteiger partial charge in [-0.1, -0.05) is 11.6 Å². The van der Waals surface area contributed by atoms with Gasteiger partial charge in [-0.2, -0.15) is 0 Å². The zero-order chi connectivity index (χ0) is 17.8. The number of carbonyl (C=O) groups excluding carboxylic acids is 1. The van der Waals surface area contributed by atoms with Crippen molar-refractivity contribution in [2.75, 3.05) is 10.6 Å². The molecule has 0 saturated carbocycles. The minimum atomic E-state index is -0.858. The molecule has 2 aromatic carbocycles. The molecule has 0 unspecified atom stereocenters. The third kappa shape index (κ3) is 4.30. The Labute approximate surface area is 147 Å². The van der Waals surface area contributed by atoms with Gasteiger partial charge >= 0.3 is 0 Å². The average molecular weight is 360 g/mol. The van der Waals surface area contributed by atoms with Gasteiger partial charge in [0.1, 0.15) is 17.3 Å². The molecule has 3 aromatic rings. The molecule has 0 saturated heterocycles. The first kappa shape index (κ1) is 16.9. The predicted octanol–water partition coefficient (Wildman–Crippen LogP) is 5.01. The van der Waals surface area contributed by atoms with E-state index in [0.717, 1.165) is 17.8 Å². The van der Waals surface area contributed by atoms with Gasteiger partial charge in [0.25, 0.3) is 5.91 Å². The molecule has 7 heteroatoms. The van der Waals surface area contributed by atoms with Crippen LogP contribution in [0.1, 0.15) is 10.5 Å². The standard InChI is InChI=1S/C18H12ClF2N3O/c19-11-1-4-13(5-2-11)23-14-7-8-22-17(10-14)18(25)24-16-6-3-12(20)9-15(16)21/h1-10H,(H,22,23)(H,24,25). The normalized spacial score (nSPS) is 10.4. The Hall–Kier alpha value is -2.99. The highest BCUT2D eigenvalue weighted by molar-refractivity contribution is 6.30. The quantitative estimate of drug-likeness (QED) is 0.688. The second-order valence-electron chi connectivity index (χ2n) is 5.14. The van der Waals surface area contributed by atoms with Crippen LogP contribution in [0.2, 0.25) is 5.02 Å². The van der Waals surface area contributed by atoms with Gasteiger partial charge in [-0.3, -0.25) is 9.78 Å². The molecular weight excluding hydrogens is 348 g/mol. The van der Waals surface area contributed by atoms with E-state index in [2.05, 4.69) is 15.6 Å². The van der Waals surface area contributed by atoms with E-state index < -0.39 is 17.5 Å². The van der Waals surface area contributed by atoms with Crippen LogP contribution in [0.4, 0.5) is 25.8 Å². The molecule has 1 aromatic heterocycles. The van der Waals surface area contributed by atoms with Crippen molar-refractivity contribution in [3.05, 3.63) is 83.1 Å². The van der Waals surface area contributed by atoms with Crippen LogP contribution < -0.4 is 10.6 Å². The molecule has 1 heterocycles. The number of hydrogen-bond donors (Lipinski definition) is 2. The molecular formula is C18H12ClF2N3O. The second-order valence-corrected chi connectivity index (χ2v) is 5.58. The van der Waals surface area contributed by atoms with Crippen molar-refractivity contribution >= 4 is 34.6 Å². The lowest BCUT2D eigenvalue weighted by atomic mass is 10.2. The first-order valence-electron chi connectivity index (χ1n) is 7.26. The van der Waals surface area contributed by atoms with E-state index in [1.54, 1.807) is 30.3 Å². The van der Waals surface area contributed by atoms with Gasteiger partial charge in [0.05, 0.1) is 5.69 Å². The van der Waals surface area contributed by atoms with Gasteiger partial charge in [-0.05, 0) is 48.5 Å². The summed E-state index contributed by atoms with van der Waals surface area (Å²) in [5, 5.41) is 6.08. The Kier molecular flexibility index (Phi) is 4.90. The Bertz CT molecular complexity index is 916. The molecule has 0 fully saturated rings. The fourth-order valence-corrected chi connectivity index (χ4v) is 2.24. The second kappa shape index (κ2) is 7.27. The number of anilines is 3. The summed E-state index contributed by atoms with van der Waals surface area (Å²) in [6.07, 6.45) is 1.45. The molecule has 3 rings (SSSR count). The zero-order valence-electron chi connectivity index (χ0n) is 12.8. The topological polar surface area (TPSA) is 54.0 Å². The zero-order valence-corrected chi connectivity index (χ0v) is 13.5. The van der Waals surface area contributed by atoms with Crippen LogP contribution in [0.15, 0.2) is 60.8 Å². The van der Waals surface area contributed by atoms with Gasteiger partial charge in [-0.25, -0.2) is 8.78 Å². The number of hydrogen-bond acceptors (Lipinski definition) is 3. The van der Waals surface area contributed by atoms with Gasteiger partial charge in [0, 0.05) is 28.7 Å². The van der Waals surface area contributed by atoms with E-state index in [9.17, 15) is 13.6 Å². The molecule has 0 bridgehead atoms. The highest BCUT2D eigenvalue weighted by atomic mass is 35.5. The SMILES string of the molecule is O=C(Nc1ccc(F)cc1F)c1cc(Nc2ccc(Cl)cc2)ccn1. The summed E-state index contributed by atoms with van der Waals surface area (Å²) in [6, 6.07) is 13.2. The molecule has 1 amide bonds. The van der Waals surface area contributed by atoms with Crippen LogP contribution in [0, 0.1) is 11.6 Å². The molecule has 126 valence electrons. The van der Waals surface area contributed by atoms with Crippen molar-refractivity contribution in [1.29, 1.82) is 0 Å². The molecule has 0 aliphatic carbocycles. The highest BCUT2D eigenvalue weighted by Crippen LogP contribution is 2.20. The van der Waals surface area contributed by atoms with Crippen molar-refractivity contribution < 1.29 is 13.6 Å². The lowest BCUT2D eigenvalue weighted by Crippen LogP contribution is -2.14. The van der Waals surface area contributed by atoms with Gasteiger partial charge in [0.15, 0.2) is 0 Å². The summed E-state index contributed by atoms with van der Waals surface area (Å²) in [7, 11) is 0. The number of halogens is 3. The largest absolute Gasteiger partial charge is 0.355 e. The summed E-state index contributed by atoms with van der Waals surface area (Å²) in [6.45, 7) is 0. The maximum atomic E-state index is 13.6. The van der Waals surface area contributed by atoms with E-state index in [1.165, 1.54) is 12.3 Å². The number of rotatable bonds is 4. The summed E-state index contributed by atoms with van der Waals surface area (Å²) in [4.78, 5) is 16.2. The van der Waals surface area contributed by atoms with E-state index in [-0.39, 0.29) is 11.4 Å². The molecule has 0 atom stereocenters. The van der Waals surface area contributed by atoms with E-state index in [4.69, 9.17) is 11.6 Å². The first-order chi connectivity index (χ1) is 12.0. The lowest BCUT2D eigenvalue weighted by molar-refractivity contribution is 0.102. The average Bonchev–Trinajstić information content (AvgIpc) is 2.60. The number of nitrogens with one attached hydrogen (secondary N) is 2. The number of pyridine rings is 1. The summed E-state index contributed by atoms with van der Waals surface area (Å²) in [5.41, 5.74) is 1.38. The first-order valence-corrected chi connectivity index (χ1v) is 7.64. The Morgan fingerprint density at radius 3 is 2.44 bits per heavy atom. The van der Waals surface area contributed by atoms with Crippen molar-refractivity contribution in [2.45, 2.75) is 0 Å². The number of amides is 1. The molecule has 4 nitrogen and oxygen atoms in total. The monoisotopic (exact) mass is 359 g/mol. The summed E-state index contributed by atoms with van der Waals surface area (Å²) >= 11 is 5.84. The summed E-state index contributed by atoms with van der Waals surface area (Å²) < 4.78 is 26.5. The van der Waals surface area contributed by atoms with Gasteiger partial charge in [0.2, 0.25) is 0 Å². The molecule has 0 radical (unpaired) electrons. The maximum Gasteiger partial charge on any atom is 0.274 e. The Morgan fingerprint density at radius 1 is 0.960 bits per heavy atom. The van der Waals surface area contributed by atoms with Crippen LogP contribution in [-0.2, 0) is 0 Å². The van der Waals surface area contributed by atoms with Crippen LogP contribution >= 0.6 is 11.6 Å². The smallest absolute Gasteiger partial charge is 0.274 e. The summed E-state index contributed by atoms with van der Waals surface area (Å²) in [5.74, 6) is -2.18. The fraction of sp³-hybridized carbons (Fsp3) is 0. The number of nitrogens with zero attached hydrogens (tertiary/aromatic N) is 1. The molecule has 0 spiro atoms. The van der Waals surface area contributed by atoms with Gasteiger partial charge < -0.3 is 10.6 Å². The van der Waals surface area contributed by atoms with E-state index in [0.29, 0.717) is 16.8 Å². The molecule has 2 N–H and O–H groups in total. The van der Waals surface area contributed by atoms with Crippen LogP contribution in [-0.4, -0.2) is 10.9 Å². The third-order valence-corrected chi connectivity index (χ3v) is 3.56. The van der Waals surface area contributed by atoms with Crippen LogP contribution in [0.3, 0.4) is 0 Å². The van der Waals surface area contributed by atoms with Crippen LogP contribution in [0.5, 0.6) is 0 Å². The van der Waals surface area contributed by atoms with Gasteiger partial charge in [-0.15, -0.1) is 0 Å². The minimum absolute atomic E-state index is 0.0858. The van der Waals surface area contributed by atoms with Crippen molar-refractivity contribution in [1.82, 2.24) is 4.98 Å². The predicted molar refractivity (Wildman–Crippen MR) is 93.3 cm³/mol. The Balaban J connectivity index is 1.76. The fourth-order valence-electron chi connectivity index (χ4n) is 2.11. The van der Waals surface area contributed by atoms with E-state index >= 15 is 0 Å². The number of carbonyl (C=O) groups is 1. The molecule has 25 heavy (non-hydrogen) atoms. The number of benzene rings is 2. The van der Waals surface area contributed by atoms with E-state index in [1.807, 2.05) is 0 Å². The molecule has 0 aliphatic heterocycles. The third-order valence-electron chi connectivity index (χ3n) is 3.30. The van der Waals surface area contributed by atoms with Crippen molar-refractivity contribution in [2.24, 2.45) is 0 Å².